The average molecular weight is 260 g/mol. The second kappa shape index (κ2) is 6.42. The summed E-state index contributed by atoms with van der Waals surface area (Å²) in [6.07, 6.45) is 5.39. The molecule has 1 aliphatic carbocycles. The zero-order chi connectivity index (χ0) is 13.8. The zero-order valence-electron chi connectivity index (χ0n) is 12.8. The van der Waals surface area contributed by atoms with Crippen LogP contribution < -0.4 is 10.6 Å². The average Bonchev–Trinajstić information content (AvgIpc) is 2.37. The lowest BCUT2D eigenvalue weighted by molar-refractivity contribution is 0.306. The smallest absolute Gasteiger partial charge is 0.0399 e. The first kappa shape index (κ1) is 14.4. The Balaban J connectivity index is 1.95. The van der Waals surface area contributed by atoms with Crippen molar-refractivity contribution in [1.29, 1.82) is 0 Å². The number of benzene rings is 1. The van der Waals surface area contributed by atoms with Gasteiger partial charge >= 0.3 is 0 Å². The summed E-state index contributed by atoms with van der Waals surface area (Å²) in [4.78, 5) is 0. The van der Waals surface area contributed by atoms with Gasteiger partial charge in [-0.15, -0.1) is 0 Å². The highest BCUT2D eigenvalue weighted by atomic mass is 14.9. The summed E-state index contributed by atoms with van der Waals surface area (Å²) in [5.41, 5.74) is 5.45. The normalized spacial score (nSPS) is 23.4. The van der Waals surface area contributed by atoms with E-state index in [1.54, 1.807) is 0 Å². The molecule has 106 valence electrons. The molecule has 2 nitrogen and oxygen atoms in total. The van der Waals surface area contributed by atoms with Crippen molar-refractivity contribution in [2.45, 2.75) is 52.5 Å². The van der Waals surface area contributed by atoms with Gasteiger partial charge in [-0.25, -0.2) is 0 Å². The molecule has 0 heterocycles. The highest BCUT2D eigenvalue weighted by Crippen LogP contribution is 2.27. The molecule has 2 rings (SSSR count). The van der Waals surface area contributed by atoms with Gasteiger partial charge in [0.25, 0.3) is 0 Å². The second-order valence-electron chi connectivity index (χ2n) is 6.17. The molecule has 0 aromatic heterocycles. The topological polar surface area (TPSA) is 24.1 Å². The zero-order valence-corrected chi connectivity index (χ0v) is 12.8. The molecule has 0 aliphatic heterocycles. The van der Waals surface area contributed by atoms with Crippen LogP contribution in [0.1, 0.15) is 42.4 Å². The molecule has 0 amide bonds. The van der Waals surface area contributed by atoms with E-state index < -0.39 is 0 Å². The van der Waals surface area contributed by atoms with Gasteiger partial charge in [-0.1, -0.05) is 24.1 Å². The van der Waals surface area contributed by atoms with Crippen LogP contribution >= 0.6 is 0 Å². The fourth-order valence-electron chi connectivity index (χ4n) is 3.44. The van der Waals surface area contributed by atoms with Crippen molar-refractivity contribution in [3.8, 4) is 0 Å². The molecule has 2 atom stereocenters. The molecule has 0 spiro atoms. The van der Waals surface area contributed by atoms with Crippen LogP contribution in [0.15, 0.2) is 12.1 Å². The Morgan fingerprint density at radius 2 is 1.79 bits per heavy atom. The van der Waals surface area contributed by atoms with Crippen LogP contribution in [0.3, 0.4) is 0 Å². The first-order chi connectivity index (χ1) is 9.10. The molecule has 1 aromatic rings. The molecule has 1 saturated carbocycles. The third-order valence-corrected chi connectivity index (χ3v) is 4.44. The Morgan fingerprint density at radius 3 is 2.42 bits per heavy atom. The molecule has 0 bridgehead atoms. The highest BCUT2D eigenvalue weighted by Gasteiger charge is 2.20. The Kier molecular flexibility index (Phi) is 4.87. The minimum Gasteiger partial charge on any atom is -0.384 e. The first-order valence-corrected chi connectivity index (χ1v) is 7.59. The lowest BCUT2D eigenvalue weighted by Gasteiger charge is -2.29. The van der Waals surface area contributed by atoms with Crippen LogP contribution in [0.2, 0.25) is 0 Å². The maximum Gasteiger partial charge on any atom is 0.0399 e. The maximum atomic E-state index is 3.70. The summed E-state index contributed by atoms with van der Waals surface area (Å²) >= 11 is 0. The monoisotopic (exact) mass is 260 g/mol. The molecular weight excluding hydrogens is 232 g/mol. The molecule has 0 radical (unpaired) electrons. The summed E-state index contributed by atoms with van der Waals surface area (Å²) in [6, 6.07) is 5.26. The van der Waals surface area contributed by atoms with E-state index in [0.29, 0.717) is 0 Å². The summed E-state index contributed by atoms with van der Waals surface area (Å²) < 4.78 is 0. The number of aryl methyl sites for hydroxylation is 3. The lowest BCUT2D eigenvalue weighted by Crippen LogP contribution is -2.33. The fraction of sp³-hybridized carbons (Fsp3) is 0.647. The van der Waals surface area contributed by atoms with Crippen molar-refractivity contribution in [1.82, 2.24) is 5.32 Å². The van der Waals surface area contributed by atoms with E-state index in [4.69, 9.17) is 0 Å². The third kappa shape index (κ3) is 3.73. The van der Waals surface area contributed by atoms with Crippen molar-refractivity contribution in [3.63, 3.8) is 0 Å². The van der Waals surface area contributed by atoms with Crippen LogP contribution in [-0.2, 0) is 0 Å². The number of hydrogen-bond donors (Lipinski definition) is 2. The van der Waals surface area contributed by atoms with Gasteiger partial charge in [0.1, 0.15) is 0 Å². The Labute approximate surface area is 118 Å². The number of rotatable bonds is 4. The minimum absolute atomic E-state index is 0.723. The Hall–Kier alpha value is -1.02. The van der Waals surface area contributed by atoms with E-state index in [-0.39, 0.29) is 0 Å². The van der Waals surface area contributed by atoms with E-state index >= 15 is 0 Å². The molecular formula is C17H28N2. The Morgan fingerprint density at radius 1 is 1.11 bits per heavy atom. The minimum atomic E-state index is 0.723. The van der Waals surface area contributed by atoms with Crippen LogP contribution in [0.25, 0.3) is 0 Å². The number of nitrogens with one attached hydrogen (secondary N) is 2. The van der Waals surface area contributed by atoms with E-state index in [9.17, 15) is 0 Å². The third-order valence-electron chi connectivity index (χ3n) is 4.44. The highest BCUT2D eigenvalue weighted by molar-refractivity contribution is 5.58. The van der Waals surface area contributed by atoms with Crippen molar-refractivity contribution < 1.29 is 0 Å². The summed E-state index contributed by atoms with van der Waals surface area (Å²) in [7, 11) is 2.09. The molecule has 2 heteroatoms. The van der Waals surface area contributed by atoms with Gasteiger partial charge in [0.2, 0.25) is 0 Å². The van der Waals surface area contributed by atoms with E-state index in [2.05, 4.69) is 50.6 Å². The number of hydrogen-bond acceptors (Lipinski definition) is 2. The van der Waals surface area contributed by atoms with E-state index in [1.807, 2.05) is 0 Å². The molecule has 1 fully saturated rings. The molecule has 2 N–H and O–H groups in total. The van der Waals surface area contributed by atoms with E-state index in [0.717, 1.165) is 18.5 Å². The van der Waals surface area contributed by atoms with Crippen LogP contribution in [-0.4, -0.2) is 19.6 Å². The van der Waals surface area contributed by atoms with Gasteiger partial charge in [0, 0.05) is 18.3 Å². The summed E-state index contributed by atoms with van der Waals surface area (Å²) in [6.45, 7) is 7.70. The van der Waals surface area contributed by atoms with Crippen molar-refractivity contribution in [2.75, 3.05) is 18.9 Å². The fourth-order valence-corrected chi connectivity index (χ4v) is 3.44. The van der Waals surface area contributed by atoms with Gasteiger partial charge in [0.05, 0.1) is 0 Å². The molecule has 0 saturated heterocycles. The first-order valence-electron chi connectivity index (χ1n) is 7.59. The summed E-state index contributed by atoms with van der Waals surface area (Å²) in [5, 5.41) is 7.13. The van der Waals surface area contributed by atoms with Crippen molar-refractivity contribution in [2.24, 2.45) is 5.92 Å². The summed E-state index contributed by atoms with van der Waals surface area (Å²) in [5.74, 6) is 0.811. The van der Waals surface area contributed by atoms with Gasteiger partial charge < -0.3 is 10.6 Å². The quantitative estimate of drug-likeness (QED) is 0.860. The molecule has 19 heavy (non-hydrogen) atoms. The predicted molar refractivity (Wildman–Crippen MR) is 83.9 cm³/mol. The van der Waals surface area contributed by atoms with Crippen LogP contribution in [0.4, 0.5) is 5.69 Å². The van der Waals surface area contributed by atoms with Gasteiger partial charge in [-0.3, -0.25) is 0 Å². The number of anilines is 1. The van der Waals surface area contributed by atoms with Gasteiger partial charge in [-0.05, 0) is 64.1 Å². The van der Waals surface area contributed by atoms with Crippen molar-refractivity contribution >= 4 is 5.69 Å². The predicted octanol–water partition coefficient (Wildman–Crippen LogP) is 3.80. The maximum absolute atomic E-state index is 3.70. The van der Waals surface area contributed by atoms with Gasteiger partial charge in [0.15, 0.2) is 0 Å². The molecule has 2 unspecified atom stereocenters. The Bertz CT molecular complexity index is 402. The van der Waals surface area contributed by atoms with Crippen molar-refractivity contribution in [3.05, 3.63) is 28.8 Å². The van der Waals surface area contributed by atoms with Gasteiger partial charge in [-0.2, -0.15) is 0 Å². The van der Waals surface area contributed by atoms with E-state index in [1.165, 1.54) is 48.1 Å². The largest absolute Gasteiger partial charge is 0.384 e. The standard InChI is InChI=1S/C17H28N2/c1-12-8-13(2)17(14(3)9-12)19-11-15-6-5-7-16(10-15)18-4/h8-9,15-16,18-19H,5-7,10-11H2,1-4H3. The molecule has 1 aromatic carbocycles. The van der Waals surface area contributed by atoms with Crippen LogP contribution in [0.5, 0.6) is 0 Å². The SMILES string of the molecule is CNC1CCCC(CNc2c(C)cc(C)cc2C)C1. The lowest BCUT2D eigenvalue weighted by atomic mass is 9.85. The second-order valence-corrected chi connectivity index (χ2v) is 6.17. The van der Waals surface area contributed by atoms with Crippen LogP contribution in [0, 0.1) is 26.7 Å². The molecule has 1 aliphatic rings.